The van der Waals surface area contributed by atoms with Crippen LogP contribution in [0.4, 0.5) is 0 Å². The number of carbonyl (C=O) groups is 2. The first kappa shape index (κ1) is 16.5. The van der Waals surface area contributed by atoms with Crippen molar-refractivity contribution >= 4 is 11.8 Å². The predicted octanol–water partition coefficient (Wildman–Crippen LogP) is -0.0120. The lowest BCUT2D eigenvalue weighted by Gasteiger charge is -2.54. The molecule has 3 aliphatic heterocycles. The van der Waals surface area contributed by atoms with Gasteiger partial charge >= 0.3 is 0 Å². The molecule has 0 radical (unpaired) electrons. The summed E-state index contributed by atoms with van der Waals surface area (Å²) in [5.41, 5.74) is 2.61. The Hall–Kier alpha value is -1.96. The van der Waals surface area contributed by atoms with Gasteiger partial charge in [0.25, 0.3) is 5.91 Å². The molecule has 25 heavy (non-hydrogen) atoms. The summed E-state index contributed by atoms with van der Waals surface area (Å²) in [6, 6.07) is 5.52. The molecule has 7 heteroatoms. The quantitative estimate of drug-likeness (QED) is 0.816. The fraction of sp³-hybridized carbons (Fsp3) is 0.556. The van der Waals surface area contributed by atoms with Crippen molar-refractivity contribution in [1.82, 2.24) is 15.1 Å². The zero-order valence-electron chi connectivity index (χ0n) is 14.6. The lowest BCUT2D eigenvalue weighted by molar-refractivity contribution is -0.187. The predicted molar refractivity (Wildman–Crippen MR) is 90.0 cm³/mol. The SMILES string of the molecule is CNC(=O)[C@H]1COC2(CN(C(=O)c3ccc4c(c3)COC4)C2)CN1C. The van der Waals surface area contributed by atoms with E-state index in [-0.39, 0.29) is 23.5 Å². The third-order valence-corrected chi connectivity index (χ3v) is 5.38. The van der Waals surface area contributed by atoms with Crippen LogP contribution in [0.5, 0.6) is 0 Å². The first-order valence-corrected chi connectivity index (χ1v) is 8.56. The molecule has 1 N–H and O–H groups in total. The summed E-state index contributed by atoms with van der Waals surface area (Å²) >= 11 is 0. The molecular weight excluding hydrogens is 322 g/mol. The number of hydrogen-bond acceptors (Lipinski definition) is 5. The van der Waals surface area contributed by atoms with Gasteiger partial charge in [-0.3, -0.25) is 14.5 Å². The number of amides is 2. The van der Waals surface area contributed by atoms with Crippen LogP contribution in [0.3, 0.4) is 0 Å². The van der Waals surface area contributed by atoms with E-state index in [2.05, 4.69) is 5.32 Å². The number of likely N-dealkylation sites (tertiary alicyclic amines) is 1. The molecule has 0 unspecified atom stereocenters. The van der Waals surface area contributed by atoms with Crippen molar-refractivity contribution in [2.24, 2.45) is 0 Å². The second kappa shape index (κ2) is 6.09. The van der Waals surface area contributed by atoms with Crippen LogP contribution in [-0.2, 0) is 27.5 Å². The second-order valence-corrected chi connectivity index (χ2v) is 7.18. The van der Waals surface area contributed by atoms with Crippen molar-refractivity contribution in [1.29, 1.82) is 0 Å². The van der Waals surface area contributed by atoms with Crippen LogP contribution >= 0.6 is 0 Å². The number of carbonyl (C=O) groups excluding carboxylic acids is 2. The van der Waals surface area contributed by atoms with Gasteiger partial charge in [0, 0.05) is 19.2 Å². The van der Waals surface area contributed by atoms with Crippen molar-refractivity contribution < 1.29 is 19.1 Å². The zero-order valence-corrected chi connectivity index (χ0v) is 14.6. The fourth-order valence-electron chi connectivity index (χ4n) is 3.91. The molecule has 2 fully saturated rings. The first-order valence-electron chi connectivity index (χ1n) is 8.56. The molecule has 134 valence electrons. The molecule has 1 aromatic carbocycles. The largest absolute Gasteiger partial charge is 0.372 e. The third-order valence-electron chi connectivity index (χ3n) is 5.38. The molecule has 0 bridgehead atoms. The topological polar surface area (TPSA) is 71.1 Å². The van der Waals surface area contributed by atoms with Gasteiger partial charge in [0.1, 0.15) is 11.6 Å². The Morgan fingerprint density at radius 3 is 2.68 bits per heavy atom. The number of nitrogens with zero attached hydrogens (tertiary/aromatic N) is 2. The highest BCUT2D eigenvalue weighted by molar-refractivity contribution is 5.95. The molecular formula is C18H23N3O4. The second-order valence-electron chi connectivity index (χ2n) is 7.18. The lowest BCUT2D eigenvalue weighted by Crippen LogP contribution is -2.73. The number of ether oxygens (including phenoxy) is 2. The molecule has 1 spiro atoms. The summed E-state index contributed by atoms with van der Waals surface area (Å²) in [4.78, 5) is 28.4. The minimum atomic E-state index is -0.352. The summed E-state index contributed by atoms with van der Waals surface area (Å²) in [6.45, 7) is 3.33. The maximum absolute atomic E-state index is 12.7. The van der Waals surface area contributed by atoms with E-state index >= 15 is 0 Å². The Bertz CT molecular complexity index is 714. The summed E-state index contributed by atoms with van der Waals surface area (Å²) in [6.07, 6.45) is 0. The van der Waals surface area contributed by atoms with Crippen LogP contribution in [0.2, 0.25) is 0 Å². The molecule has 0 saturated carbocycles. The van der Waals surface area contributed by atoms with E-state index in [0.717, 1.165) is 11.1 Å². The monoisotopic (exact) mass is 345 g/mol. The highest BCUT2D eigenvalue weighted by atomic mass is 16.5. The lowest BCUT2D eigenvalue weighted by atomic mass is 9.89. The average molecular weight is 345 g/mol. The van der Waals surface area contributed by atoms with Gasteiger partial charge in [-0.25, -0.2) is 0 Å². The number of benzene rings is 1. The van der Waals surface area contributed by atoms with E-state index in [0.29, 0.717) is 45.0 Å². The van der Waals surface area contributed by atoms with E-state index in [1.807, 2.05) is 35.0 Å². The highest BCUT2D eigenvalue weighted by Crippen LogP contribution is 2.32. The van der Waals surface area contributed by atoms with Crippen molar-refractivity contribution in [3.05, 3.63) is 34.9 Å². The highest BCUT2D eigenvalue weighted by Gasteiger charge is 2.51. The maximum Gasteiger partial charge on any atom is 0.254 e. The van der Waals surface area contributed by atoms with Crippen LogP contribution < -0.4 is 5.32 Å². The number of rotatable bonds is 2. The van der Waals surface area contributed by atoms with Gasteiger partial charge in [0.15, 0.2) is 0 Å². The molecule has 3 heterocycles. The minimum Gasteiger partial charge on any atom is -0.372 e. The van der Waals surface area contributed by atoms with E-state index in [1.165, 1.54) is 0 Å². The maximum atomic E-state index is 12.7. The number of nitrogens with one attached hydrogen (secondary N) is 1. The van der Waals surface area contributed by atoms with Gasteiger partial charge in [0.05, 0.1) is 32.9 Å². The molecule has 1 atom stereocenters. The average Bonchev–Trinajstić information content (AvgIpc) is 3.05. The van der Waals surface area contributed by atoms with Gasteiger partial charge in [0.2, 0.25) is 5.91 Å². The smallest absolute Gasteiger partial charge is 0.254 e. The van der Waals surface area contributed by atoms with Crippen LogP contribution in [0, 0.1) is 0 Å². The third kappa shape index (κ3) is 2.82. The fourth-order valence-corrected chi connectivity index (χ4v) is 3.91. The van der Waals surface area contributed by atoms with Crippen molar-refractivity contribution in [3.8, 4) is 0 Å². The molecule has 3 aliphatic rings. The number of morpholine rings is 1. The molecule has 0 aromatic heterocycles. The Morgan fingerprint density at radius 2 is 1.96 bits per heavy atom. The van der Waals surface area contributed by atoms with Crippen molar-refractivity contribution in [2.75, 3.05) is 40.3 Å². The van der Waals surface area contributed by atoms with E-state index in [4.69, 9.17) is 9.47 Å². The summed E-state index contributed by atoms with van der Waals surface area (Å²) < 4.78 is 11.4. The summed E-state index contributed by atoms with van der Waals surface area (Å²) in [5, 5.41) is 2.66. The Morgan fingerprint density at radius 1 is 1.20 bits per heavy atom. The molecule has 0 aliphatic carbocycles. The normalized spacial score (nSPS) is 24.7. The zero-order chi connectivity index (χ0) is 17.6. The van der Waals surface area contributed by atoms with E-state index in [9.17, 15) is 9.59 Å². The van der Waals surface area contributed by atoms with Gasteiger partial charge in [-0.1, -0.05) is 6.07 Å². The van der Waals surface area contributed by atoms with Crippen LogP contribution in [0.1, 0.15) is 21.5 Å². The number of hydrogen-bond donors (Lipinski definition) is 1. The van der Waals surface area contributed by atoms with E-state index < -0.39 is 0 Å². The van der Waals surface area contributed by atoms with Gasteiger partial charge < -0.3 is 19.7 Å². The Kier molecular flexibility index (Phi) is 4.02. The molecule has 2 saturated heterocycles. The summed E-state index contributed by atoms with van der Waals surface area (Å²) in [5.74, 6) is -0.00929. The molecule has 7 nitrogen and oxygen atoms in total. The molecule has 4 rings (SSSR count). The van der Waals surface area contributed by atoms with Crippen LogP contribution in [-0.4, -0.2) is 73.6 Å². The van der Waals surface area contributed by atoms with Crippen molar-refractivity contribution in [2.45, 2.75) is 24.9 Å². The Labute approximate surface area is 146 Å². The first-order chi connectivity index (χ1) is 12.0. The minimum absolute atomic E-state index is 0.0278. The molecule has 2 amide bonds. The van der Waals surface area contributed by atoms with Crippen molar-refractivity contribution in [3.63, 3.8) is 0 Å². The summed E-state index contributed by atoms with van der Waals surface area (Å²) in [7, 11) is 3.56. The van der Waals surface area contributed by atoms with Gasteiger partial charge in [-0.15, -0.1) is 0 Å². The molecule has 1 aromatic rings. The van der Waals surface area contributed by atoms with E-state index in [1.54, 1.807) is 7.05 Å². The van der Waals surface area contributed by atoms with Gasteiger partial charge in [-0.2, -0.15) is 0 Å². The van der Waals surface area contributed by atoms with Gasteiger partial charge in [-0.05, 0) is 30.3 Å². The number of fused-ring (bicyclic) bond motifs is 1. The standard InChI is InChI=1S/C18H23N3O4/c1-19-16(22)15-8-25-18(9-20(15)2)10-21(11-18)17(23)12-3-4-13-6-24-7-14(13)5-12/h3-5,15H,6-11H2,1-2H3,(H,19,22)/t15-/m1/s1. The number of likely N-dealkylation sites (N-methyl/N-ethyl adjacent to an activating group) is 2. The van der Waals surface area contributed by atoms with Crippen LogP contribution in [0.25, 0.3) is 0 Å². The Balaban J connectivity index is 1.39. The van der Waals surface area contributed by atoms with Crippen LogP contribution in [0.15, 0.2) is 18.2 Å².